The van der Waals surface area contributed by atoms with Gasteiger partial charge in [0, 0.05) is 19.1 Å². The van der Waals surface area contributed by atoms with Crippen LogP contribution in [0, 0.1) is 5.92 Å². The summed E-state index contributed by atoms with van der Waals surface area (Å²) in [7, 11) is 4.38. The van der Waals surface area contributed by atoms with E-state index >= 15 is 0 Å². The van der Waals surface area contributed by atoms with Gasteiger partial charge in [-0.2, -0.15) is 0 Å². The molecule has 1 heterocycles. The fraction of sp³-hybridized carbons (Fsp3) is 1.00. The molecule has 1 N–H and O–H groups in total. The minimum absolute atomic E-state index is 0.102. The van der Waals surface area contributed by atoms with Crippen LogP contribution in [0.2, 0.25) is 0 Å². The molecule has 0 bridgehead atoms. The van der Waals surface area contributed by atoms with Gasteiger partial charge in [0.15, 0.2) is 0 Å². The summed E-state index contributed by atoms with van der Waals surface area (Å²) in [6.07, 6.45) is 7.59. The first-order chi connectivity index (χ1) is 8.16. The molecule has 2 aliphatic rings. The first kappa shape index (κ1) is 13.3. The fourth-order valence-electron chi connectivity index (χ4n) is 3.43. The van der Waals surface area contributed by atoms with Crippen molar-refractivity contribution in [2.24, 2.45) is 5.92 Å². The van der Waals surface area contributed by atoms with Crippen LogP contribution in [0.5, 0.6) is 0 Å². The number of piperidine rings is 1. The van der Waals surface area contributed by atoms with E-state index in [9.17, 15) is 5.11 Å². The maximum absolute atomic E-state index is 10.3. The lowest BCUT2D eigenvalue weighted by Gasteiger charge is -2.37. The maximum Gasteiger partial charge on any atom is 0.0695 e. The van der Waals surface area contributed by atoms with E-state index in [1.54, 1.807) is 0 Å². The third-order valence-electron chi connectivity index (χ3n) is 4.64. The number of likely N-dealkylation sites (tertiary alicyclic amines) is 1. The third-order valence-corrected chi connectivity index (χ3v) is 4.64. The van der Waals surface area contributed by atoms with Gasteiger partial charge in [-0.05, 0) is 52.2 Å². The molecule has 2 atom stereocenters. The molecule has 1 aliphatic heterocycles. The molecule has 0 aromatic heterocycles. The van der Waals surface area contributed by atoms with Crippen LogP contribution in [-0.4, -0.2) is 60.8 Å². The van der Waals surface area contributed by atoms with Gasteiger partial charge in [-0.3, -0.25) is 4.90 Å². The van der Waals surface area contributed by atoms with Crippen molar-refractivity contribution in [1.82, 2.24) is 9.80 Å². The molecule has 1 saturated heterocycles. The zero-order valence-electron chi connectivity index (χ0n) is 11.4. The van der Waals surface area contributed by atoms with Crippen LogP contribution in [-0.2, 0) is 0 Å². The molecule has 2 rings (SSSR count). The summed E-state index contributed by atoms with van der Waals surface area (Å²) in [4.78, 5) is 4.80. The fourth-order valence-corrected chi connectivity index (χ4v) is 3.43. The molecule has 0 aromatic rings. The number of aliphatic hydroxyl groups is 1. The van der Waals surface area contributed by atoms with E-state index in [1.165, 1.54) is 45.1 Å². The highest BCUT2D eigenvalue weighted by atomic mass is 16.3. The summed E-state index contributed by atoms with van der Waals surface area (Å²) in [5.41, 5.74) is 0. The molecule has 0 aromatic carbocycles. The highest BCUT2D eigenvalue weighted by molar-refractivity contribution is 4.82. The van der Waals surface area contributed by atoms with Crippen molar-refractivity contribution in [1.29, 1.82) is 0 Å². The van der Waals surface area contributed by atoms with E-state index in [2.05, 4.69) is 23.9 Å². The quantitative estimate of drug-likeness (QED) is 0.808. The largest absolute Gasteiger partial charge is 0.392 e. The Morgan fingerprint density at radius 2 is 1.94 bits per heavy atom. The molecule has 3 nitrogen and oxygen atoms in total. The lowest BCUT2D eigenvalue weighted by Crippen LogP contribution is -2.47. The molecule has 0 radical (unpaired) electrons. The summed E-state index contributed by atoms with van der Waals surface area (Å²) in [5, 5.41) is 10.3. The Bertz CT molecular complexity index is 228. The van der Waals surface area contributed by atoms with E-state index in [-0.39, 0.29) is 6.10 Å². The topological polar surface area (TPSA) is 26.7 Å². The molecule has 3 heteroatoms. The first-order valence-corrected chi connectivity index (χ1v) is 7.23. The Kier molecular flexibility index (Phi) is 4.83. The van der Waals surface area contributed by atoms with Crippen LogP contribution >= 0.6 is 0 Å². The van der Waals surface area contributed by atoms with Crippen LogP contribution in [0.25, 0.3) is 0 Å². The predicted octanol–water partition coefficient (Wildman–Crippen LogP) is 1.56. The zero-order valence-corrected chi connectivity index (χ0v) is 11.4. The van der Waals surface area contributed by atoms with Crippen LogP contribution in [0.4, 0.5) is 0 Å². The Morgan fingerprint density at radius 1 is 1.24 bits per heavy atom. The van der Waals surface area contributed by atoms with Gasteiger partial charge in [0.1, 0.15) is 0 Å². The normalized spacial score (nSPS) is 30.0. The summed E-state index contributed by atoms with van der Waals surface area (Å²) >= 11 is 0. The first-order valence-electron chi connectivity index (χ1n) is 7.23. The van der Waals surface area contributed by atoms with E-state index in [4.69, 9.17) is 0 Å². The van der Waals surface area contributed by atoms with Gasteiger partial charge in [-0.25, -0.2) is 0 Å². The minimum atomic E-state index is -0.102. The highest BCUT2D eigenvalue weighted by Gasteiger charge is 2.27. The number of aliphatic hydroxyl groups excluding tert-OH is 1. The summed E-state index contributed by atoms with van der Waals surface area (Å²) < 4.78 is 0. The zero-order chi connectivity index (χ0) is 12.3. The van der Waals surface area contributed by atoms with Gasteiger partial charge in [-0.15, -0.1) is 0 Å². The molecular formula is C14H28N2O. The van der Waals surface area contributed by atoms with Crippen LogP contribution < -0.4 is 0 Å². The van der Waals surface area contributed by atoms with Crippen molar-refractivity contribution >= 4 is 0 Å². The summed E-state index contributed by atoms with van der Waals surface area (Å²) in [6.45, 7) is 3.26. The van der Waals surface area contributed by atoms with Gasteiger partial charge in [0.05, 0.1) is 6.10 Å². The number of hydrogen-bond acceptors (Lipinski definition) is 3. The predicted molar refractivity (Wildman–Crippen MR) is 71.1 cm³/mol. The van der Waals surface area contributed by atoms with E-state index < -0.39 is 0 Å². The van der Waals surface area contributed by atoms with Gasteiger partial charge in [0.25, 0.3) is 0 Å². The Balaban J connectivity index is 1.76. The van der Waals surface area contributed by atoms with Crippen LogP contribution in [0.15, 0.2) is 0 Å². The second kappa shape index (κ2) is 6.17. The Hall–Kier alpha value is -0.120. The molecule has 1 aliphatic carbocycles. The van der Waals surface area contributed by atoms with Gasteiger partial charge in [0.2, 0.25) is 0 Å². The average molecular weight is 240 g/mol. The van der Waals surface area contributed by atoms with Crippen molar-refractivity contribution in [2.75, 3.05) is 33.7 Å². The Morgan fingerprint density at radius 3 is 2.59 bits per heavy atom. The monoisotopic (exact) mass is 240 g/mol. The molecule has 0 spiro atoms. The minimum Gasteiger partial charge on any atom is -0.392 e. The number of likely N-dealkylation sites (N-methyl/N-ethyl adjacent to an activating group) is 2. The molecule has 2 unspecified atom stereocenters. The molecule has 0 amide bonds. The van der Waals surface area contributed by atoms with Crippen molar-refractivity contribution in [3.8, 4) is 0 Å². The van der Waals surface area contributed by atoms with E-state index in [0.717, 1.165) is 13.1 Å². The second-order valence-electron chi connectivity index (χ2n) is 6.11. The summed E-state index contributed by atoms with van der Waals surface area (Å²) in [5.74, 6) is 0.568. The molecule has 2 fully saturated rings. The van der Waals surface area contributed by atoms with Crippen LogP contribution in [0.1, 0.15) is 38.5 Å². The van der Waals surface area contributed by atoms with Crippen molar-refractivity contribution in [3.05, 3.63) is 0 Å². The SMILES string of the molecule is CN1CCCC(N(C)CC(O)C2CCCC2)C1. The van der Waals surface area contributed by atoms with Gasteiger partial charge < -0.3 is 10.0 Å². The molecular weight excluding hydrogens is 212 g/mol. The smallest absolute Gasteiger partial charge is 0.0695 e. The van der Waals surface area contributed by atoms with Crippen molar-refractivity contribution in [2.45, 2.75) is 50.7 Å². The Labute approximate surface area is 106 Å². The summed E-state index contributed by atoms with van der Waals surface area (Å²) in [6, 6.07) is 0.643. The van der Waals surface area contributed by atoms with E-state index in [1.807, 2.05) is 0 Å². The second-order valence-corrected chi connectivity index (χ2v) is 6.11. The average Bonchev–Trinajstić information content (AvgIpc) is 2.82. The maximum atomic E-state index is 10.3. The number of hydrogen-bond donors (Lipinski definition) is 1. The lowest BCUT2D eigenvalue weighted by atomic mass is 9.99. The van der Waals surface area contributed by atoms with Gasteiger partial charge >= 0.3 is 0 Å². The van der Waals surface area contributed by atoms with Crippen molar-refractivity contribution < 1.29 is 5.11 Å². The molecule has 17 heavy (non-hydrogen) atoms. The highest BCUT2D eigenvalue weighted by Crippen LogP contribution is 2.28. The van der Waals surface area contributed by atoms with Crippen molar-refractivity contribution in [3.63, 3.8) is 0 Å². The lowest BCUT2D eigenvalue weighted by molar-refractivity contribution is 0.0435. The number of nitrogens with zero attached hydrogens (tertiary/aromatic N) is 2. The van der Waals surface area contributed by atoms with Crippen LogP contribution in [0.3, 0.4) is 0 Å². The molecule has 100 valence electrons. The third kappa shape index (κ3) is 3.67. The standard InChI is InChI=1S/C14H28N2O/c1-15-9-5-8-13(10-15)16(2)11-14(17)12-6-3-4-7-12/h12-14,17H,3-11H2,1-2H3. The molecule has 1 saturated carbocycles. The van der Waals surface area contributed by atoms with E-state index in [0.29, 0.717) is 12.0 Å². The number of rotatable bonds is 4. The van der Waals surface area contributed by atoms with Gasteiger partial charge in [-0.1, -0.05) is 12.8 Å².